The molecule has 0 bridgehead atoms. The Bertz CT molecular complexity index is 1360. The molecule has 0 saturated carbocycles. The highest BCUT2D eigenvalue weighted by Gasteiger charge is 2.29. The van der Waals surface area contributed by atoms with E-state index in [1.165, 1.54) is 24.3 Å². The summed E-state index contributed by atoms with van der Waals surface area (Å²) in [5, 5.41) is 0. The van der Waals surface area contributed by atoms with Gasteiger partial charge in [0, 0.05) is 18.3 Å². The summed E-state index contributed by atoms with van der Waals surface area (Å²) in [6.45, 7) is 3.13. The first-order valence-electron chi connectivity index (χ1n) is 9.96. The summed E-state index contributed by atoms with van der Waals surface area (Å²) < 4.78 is 59.2. The largest absolute Gasteiger partial charge is 0.218 e. The van der Waals surface area contributed by atoms with Crippen molar-refractivity contribution in [2.24, 2.45) is 0 Å². The van der Waals surface area contributed by atoms with E-state index in [1.54, 1.807) is 38.1 Å². The van der Waals surface area contributed by atoms with Crippen LogP contribution in [0, 0.1) is 32.6 Å². The average Bonchev–Trinajstić information content (AvgIpc) is 2.78. The molecular formula is C26H18F2I2O2S. The molecular weight excluding hydrogens is 668 g/mol. The molecule has 4 rings (SSSR count). The number of rotatable bonds is 4. The molecule has 33 heavy (non-hydrogen) atoms. The van der Waals surface area contributed by atoms with Crippen LogP contribution in [0.2, 0.25) is 0 Å². The number of benzene rings is 4. The summed E-state index contributed by atoms with van der Waals surface area (Å²) >= 11 is 4.31. The Labute approximate surface area is 219 Å². The maximum absolute atomic E-state index is 14.6. The lowest BCUT2D eigenvalue weighted by Crippen LogP contribution is -2.09. The molecule has 0 atom stereocenters. The quantitative estimate of drug-likeness (QED) is 0.161. The highest BCUT2D eigenvalue weighted by molar-refractivity contribution is 14.1. The fourth-order valence-corrected chi connectivity index (χ4v) is 6.37. The van der Waals surface area contributed by atoms with Crippen LogP contribution in [0.4, 0.5) is 8.78 Å². The Morgan fingerprint density at radius 2 is 0.909 bits per heavy atom. The molecule has 4 aromatic rings. The highest BCUT2D eigenvalue weighted by Crippen LogP contribution is 2.40. The van der Waals surface area contributed by atoms with Gasteiger partial charge in [0.15, 0.2) is 0 Å². The summed E-state index contributed by atoms with van der Waals surface area (Å²) in [5.74, 6) is -0.980. The molecule has 4 aromatic carbocycles. The Morgan fingerprint density at radius 3 is 1.24 bits per heavy atom. The van der Waals surface area contributed by atoms with Gasteiger partial charge in [-0.2, -0.15) is 0 Å². The second-order valence-electron chi connectivity index (χ2n) is 7.61. The fraction of sp³-hybridized carbons (Fsp3) is 0.0769. The van der Waals surface area contributed by atoms with E-state index in [4.69, 9.17) is 0 Å². The first-order valence-corrected chi connectivity index (χ1v) is 13.6. The molecule has 0 spiro atoms. The lowest BCUT2D eigenvalue weighted by Gasteiger charge is -2.18. The molecule has 0 aliphatic carbocycles. The van der Waals surface area contributed by atoms with Crippen molar-refractivity contribution in [1.82, 2.24) is 0 Å². The highest BCUT2D eigenvalue weighted by atomic mass is 127. The van der Waals surface area contributed by atoms with E-state index in [1.807, 2.05) is 24.3 Å². The summed E-state index contributed by atoms with van der Waals surface area (Å²) in [6, 6.07) is 19.4. The Morgan fingerprint density at radius 1 is 0.576 bits per heavy atom. The maximum atomic E-state index is 14.6. The zero-order chi connectivity index (χ0) is 23.9. The predicted molar refractivity (Wildman–Crippen MR) is 144 cm³/mol. The van der Waals surface area contributed by atoms with Gasteiger partial charge < -0.3 is 0 Å². The van der Waals surface area contributed by atoms with E-state index >= 15 is 0 Å². The van der Waals surface area contributed by atoms with Crippen LogP contribution in [0.25, 0.3) is 22.3 Å². The molecule has 0 heterocycles. The molecule has 168 valence electrons. The lowest BCUT2D eigenvalue weighted by atomic mass is 10.00. The summed E-state index contributed by atoms with van der Waals surface area (Å²) in [5.41, 5.74) is 2.30. The Hall–Kier alpha value is -1.85. The van der Waals surface area contributed by atoms with E-state index in [9.17, 15) is 17.2 Å². The van der Waals surface area contributed by atoms with Crippen LogP contribution in [-0.2, 0) is 9.84 Å². The van der Waals surface area contributed by atoms with Crippen molar-refractivity contribution < 1.29 is 17.2 Å². The average molecular weight is 686 g/mol. The summed E-state index contributed by atoms with van der Waals surface area (Å²) in [7, 11) is -4.13. The van der Waals surface area contributed by atoms with Gasteiger partial charge in [0.2, 0.25) is 9.84 Å². The molecule has 0 unspecified atom stereocenters. The van der Waals surface area contributed by atoms with Crippen LogP contribution < -0.4 is 0 Å². The Kier molecular flexibility index (Phi) is 6.93. The van der Waals surface area contributed by atoms with Gasteiger partial charge in [-0.05, 0) is 130 Å². The van der Waals surface area contributed by atoms with Gasteiger partial charge in [-0.25, -0.2) is 17.2 Å². The molecule has 0 N–H and O–H groups in total. The molecule has 0 amide bonds. The van der Waals surface area contributed by atoms with E-state index in [2.05, 4.69) is 45.2 Å². The normalized spacial score (nSPS) is 11.6. The Balaban J connectivity index is 2.03. The molecule has 0 radical (unpaired) electrons. The van der Waals surface area contributed by atoms with Crippen LogP contribution in [-0.4, -0.2) is 8.42 Å². The molecule has 7 heteroatoms. The van der Waals surface area contributed by atoms with Crippen LogP contribution in [0.1, 0.15) is 11.1 Å². The van der Waals surface area contributed by atoms with Crippen molar-refractivity contribution in [3.63, 3.8) is 0 Å². The van der Waals surface area contributed by atoms with Crippen LogP contribution in [0.3, 0.4) is 0 Å². The zero-order valence-electron chi connectivity index (χ0n) is 17.7. The third kappa shape index (κ3) is 4.59. The van der Waals surface area contributed by atoms with Gasteiger partial charge in [0.1, 0.15) is 11.6 Å². The number of sulfone groups is 1. The number of hydrogen-bond acceptors (Lipinski definition) is 2. The van der Waals surface area contributed by atoms with Gasteiger partial charge in [0.25, 0.3) is 0 Å². The van der Waals surface area contributed by atoms with Crippen LogP contribution in [0.15, 0.2) is 82.6 Å². The maximum Gasteiger partial charge on any atom is 0.207 e. The molecule has 0 aliphatic heterocycles. The molecule has 0 fully saturated rings. The minimum atomic E-state index is -4.13. The van der Waals surface area contributed by atoms with Crippen LogP contribution in [0.5, 0.6) is 0 Å². The smallest absolute Gasteiger partial charge is 0.207 e. The molecule has 0 saturated heterocycles. The standard InChI is InChI=1S/C26H18F2I2O2S/c1-15-21(27)11-13-23(25(15)17-3-7-19(29)8-4-17)33(31,32)24-14-12-22(28)16(2)26(24)18-5-9-20(30)10-6-18/h3-14H,1-2H3. The summed E-state index contributed by atoms with van der Waals surface area (Å²) in [6.07, 6.45) is 0. The van der Waals surface area contributed by atoms with Gasteiger partial charge in [-0.1, -0.05) is 24.3 Å². The van der Waals surface area contributed by atoms with Crippen molar-refractivity contribution in [2.45, 2.75) is 23.6 Å². The van der Waals surface area contributed by atoms with Crippen molar-refractivity contribution >= 4 is 55.0 Å². The van der Waals surface area contributed by atoms with Crippen molar-refractivity contribution in [2.75, 3.05) is 0 Å². The van der Waals surface area contributed by atoms with Gasteiger partial charge >= 0.3 is 0 Å². The molecule has 2 nitrogen and oxygen atoms in total. The van der Waals surface area contributed by atoms with Crippen molar-refractivity contribution in [3.8, 4) is 22.3 Å². The van der Waals surface area contributed by atoms with E-state index in [-0.39, 0.29) is 20.9 Å². The second-order valence-corrected chi connectivity index (χ2v) is 12.0. The van der Waals surface area contributed by atoms with Crippen LogP contribution >= 0.6 is 45.2 Å². The van der Waals surface area contributed by atoms with E-state index in [0.717, 1.165) is 7.14 Å². The first kappa shape index (κ1) is 24.3. The number of halogens is 4. The summed E-state index contributed by atoms with van der Waals surface area (Å²) in [4.78, 5) is -0.0271. The zero-order valence-corrected chi connectivity index (χ0v) is 22.8. The lowest BCUT2D eigenvalue weighted by molar-refractivity contribution is 0.592. The monoisotopic (exact) mass is 686 g/mol. The third-order valence-corrected chi connectivity index (χ3v) is 8.84. The molecule has 0 aromatic heterocycles. The fourth-order valence-electron chi connectivity index (χ4n) is 3.84. The first-order chi connectivity index (χ1) is 15.6. The van der Waals surface area contributed by atoms with Gasteiger partial charge in [0.05, 0.1) is 9.79 Å². The minimum absolute atomic E-state index is 0.0135. The van der Waals surface area contributed by atoms with Gasteiger partial charge in [-0.15, -0.1) is 0 Å². The van der Waals surface area contributed by atoms with E-state index in [0.29, 0.717) is 22.3 Å². The number of hydrogen-bond donors (Lipinski definition) is 0. The van der Waals surface area contributed by atoms with Crippen molar-refractivity contribution in [1.29, 1.82) is 0 Å². The van der Waals surface area contributed by atoms with Crippen molar-refractivity contribution in [3.05, 3.63) is 103 Å². The minimum Gasteiger partial charge on any atom is -0.218 e. The predicted octanol–water partition coefficient (Wildman–Crippen LogP) is 7.96. The third-order valence-electron chi connectivity index (χ3n) is 5.57. The van der Waals surface area contributed by atoms with Gasteiger partial charge in [-0.3, -0.25) is 0 Å². The second kappa shape index (κ2) is 9.42. The van der Waals surface area contributed by atoms with E-state index < -0.39 is 21.5 Å². The molecule has 0 aliphatic rings. The SMILES string of the molecule is Cc1c(F)ccc(S(=O)(=O)c2ccc(F)c(C)c2-c2ccc(I)cc2)c1-c1ccc(I)cc1. The topological polar surface area (TPSA) is 34.1 Å².